The van der Waals surface area contributed by atoms with Gasteiger partial charge in [0.1, 0.15) is 11.6 Å². The summed E-state index contributed by atoms with van der Waals surface area (Å²) in [6.07, 6.45) is 1.71. The zero-order valence-electron chi connectivity index (χ0n) is 9.71. The van der Waals surface area contributed by atoms with E-state index in [1.807, 2.05) is 19.1 Å². The van der Waals surface area contributed by atoms with Crippen LogP contribution < -0.4 is 0 Å². The fourth-order valence-corrected chi connectivity index (χ4v) is 1.63. The molecule has 0 unspecified atom stereocenters. The fraction of sp³-hybridized carbons (Fsp3) is 0.308. The summed E-state index contributed by atoms with van der Waals surface area (Å²) in [6, 6.07) is 5.18. The van der Waals surface area contributed by atoms with Gasteiger partial charge < -0.3 is 4.98 Å². The number of halogens is 1. The van der Waals surface area contributed by atoms with Gasteiger partial charge in [-0.25, -0.2) is 9.37 Å². The van der Waals surface area contributed by atoms with Crippen molar-refractivity contribution in [2.24, 2.45) is 0 Å². The Kier molecular flexibility index (Phi) is 2.77. The molecular formula is C13H17FN2. The summed E-state index contributed by atoms with van der Waals surface area (Å²) >= 11 is 0. The highest BCUT2D eigenvalue weighted by atomic mass is 19.1. The summed E-state index contributed by atoms with van der Waals surface area (Å²) in [7, 11) is 0. The number of nitrogens with zero attached hydrogens (tertiary/aromatic N) is 1. The molecular weight excluding hydrogens is 203 g/mol. The van der Waals surface area contributed by atoms with Gasteiger partial charge >= 0.3 is 0 Å². The zero-order chi connectivity index (χ0) is 11.7. The van der Waals surface area contributed by atoms with Gasteiger partial charge in [-0.2, -0.15) is 0 Å². The maximum Gasteiger partial charge on any atom is 0.140 e. The molecule has 0 radical (unpaired) electrons. The number of benzene rings is 1. The van der Waals surface area contributed by atoms with Crippen LogP contribution in [0.3, 0.4) is 0 Å². The normalized spacial score (nSPS) is 11.1. The van der Waals surface area contributed by atoms with Gasteiger partial charge in [-0.1, -0.05) is 19.9 Å². The predicted octanol–water partition coefficient (Wildman–Crippen LogP) is 3.89. The second kappa shape index (κ2) is 4.08. The monoisotopic (exact) mass is 220 g/mol. The molecule has 16 heavy (non-hydrogen) atoms. The van der Waals surface area contributed by atoms with Crippen molar-refractivity contribution >= 4 is 0 Å². The smallest absolute Gasteiger partial charge is 0.140 e. The number of hydrogen-bond donors (Lipinski definition) is 1. The average Bonchev–Trinajstić information content (AvgIpc) is 2.65. The lowest BCUT2D eigenvalue weighted by Gasteiger charge is -2.07. The first-order valence-electron chi connectivity index (χ1n) is 5.39. The molecule has 1 N–H and O–H groups in total. The van der Waals surface area contributed by atoms with Crippen molar-refractivity contribution in [2.45, 2.75) is 26.7 Å². The maximum absolute atomic E-state index is 13.7. The SMILES string of the molecule is Cc1cnc(-c2cc(C(C)C)ccc2F)[nH]1.[HH]. The van der Waals surface area contributed by atoms with E-state index in [1.165, 1.54) is 6.07 Å². The average molecular weight is 220 g/mol. The maximum atomic E-state index is 13.7. The lowest BCUT2D eigenvalue weighted by Crippen LogP contribution is -1.92. The van der Waals surface area contributed by atoms with Crippen molar-refractivity contribution in [2.75, 3.05) is 0 Å². The first kappa shape index (κ1) is 10.9. The van der Waals surface area contributed by atoms with E-state index in [0.29, 0.717) is 17.3 Å². The summed E-state index contributed by atoms with van der Waals surface area (Å²) in [5, 5.41) is 0. The van der Waals surface area contributed by atoms with Gasteiger partial charge in [0, 0.05) is 13.3 Å². The first-order chi connectivity index (χ1) is 7.58. The predicted molar refractivity (Wildman–Crippen MR) is 64.9 cm³/mol. The minimum atomic E-state index is -0.237. The highest BCUT2D eigenvalue weighted by Crippen LogP contribution is 2.24. The number of imidazole rings is 1. The van der Waals surface area contributed by atoms with Crippen LogP contribution in [0, 0.1) is 12.7 Å². The molecule has 0 aliphatic carbocycles. The Bertz CT molecular complexity index is 506. The van der Waals surface area contributed by atoms with Crippen LogP contribution in [0.1, 0.15) is 32.4 Å². The highest BCUT2D eigenvalue weighted by Gasteiger charge is 2.10. The Balaban J connectivity index is 0.00000144. The van der Waals surface area contributed by atoms with Gasteiger partial charge in [0.25, 0.3) is 0 Å². The Hall–Kier alpha value is -1.64. The standard InChI is InChI=1S/C13H15FN2.H2/c1-8(2)10-4-5-12(14)11(6-10)13-15-7-9(3)16-13;/h4-8H,1-3H3,(H,15,16);1H. The molecule has 1 aromatic carbocycles. The molecule has 0 fully saturated rings. The largest absolute Gasteiger partial charge is 0.342 e. The molecule has 0 amide bonds. The molecule has 0 bridgehead atoms. The summed E-state index contributed by atoms with van der Waals surface area (Å²) in [4.78, 5) is 7.20. The van der Waals surface area contributed by atoms with Crippen molar-refractivity contribution in [1.29, 1.82) is 0 Å². The van der Waals surface area contributed by atoms with Crippen molar-refractivity contribution in [1.82, 2.24) is 9.97 Å². The van der Waals surface area contributed by atoms with Crippen LogP contribution in [-0.2, 0) is 0 Å². The van der Waals surface area contributed by atoms with Crippen LogP contribution in [0.25, 0.3) is 11.4 Å². The number of H-pyrrole nitrogens is 1. The molecule has 0 atom stereocenters. The number of aromatic nitrogens is 2. The number of aromatic amines is 1. The lowest BCUT2D eigenvalue weighted by atomic mass is 10.0. The van der Waals surface area contributed by atoms with E-state index < -0.39 is 0 Å². The van der Waals surface area contributed by atoms with E-state index in [0.717, 1.165) is 11.3 Å². The summed E-state index contributed by atoms with van der Waals surface area (Å²) in [5.41, 5.74) is 2.59. The highest BCUT2D eigenvalue weighted by molar-refractivity contribution is 5.57. The second-order valence-electron chi connectivity index (χ2n) is 4.31. The number of aryl methyl sites for hydroxylation is 1. The van der Waals surface area contributed by atoms with E-state index in [-0.39, 0.29) is 7.24 Å². The zero-order valence-corrected chi connectivity index (χ0v) is 9.71. The molecule has 2 nitrogen and oxygen atoms in total. The Labute approximate surface area is 96.0 Å². The molecule has 0 spiro atoms. The third-order valence-corrected chi connectivity index (χ3v) is 2.62. The molecule has 1 heterocycles. The summed E-state index contributed by atoms with van der Waals surface area (Å²) < 4.78 is 13.7. The molecule has 0 aliphatic heterocycles. The molecule has 3 heteroatoms. The first-order valence-corrected chi connectivity index (χ1v) is 5.39. The molecule has 86 valence electrons. The molecule has 2 aromatic rings. The molecule has 1 aromatic heterocycles. The molecule has 0 aliphatic rings. The van der Waals surface area contributed by atoms with Gasteiger partial charge in [0.05, 0.1) is 5.56 Å². The Morgan fingerprint density at radius 3 is 2.69 bits per heavy atom. The van der Waals surface area contributed by atoms with E-state index >= 15 is 0 Å². The lowest BCUT2D eigenvalue weighted by molar-refractivity contribution is 0.628. The quantitative estimate of drug-likeness (QED) is 0.817. The number of rotatable bonds is 2. The number of nitrogens with one attached hydrogen (secondary N) is 1. The minimum absolute atomic E-state index is 0. The fourth-order valence-electron chi connectivity index (χ4n) is 1.63. The van der Waals surface area contributed by atoms with Crippen LogP contribution in [0.5, 0.6) is 0 Å². The van der Waals surface area contributed by atoms with Gasteiger partial charge in [-0.05, 0) is 30.5 Å². The van der Waals surface area contributed by atoms with Crippen LogP contribution in [0.2, 0.25) is 0 Å². The summed E-state index contributed by atoms with van der Waals surface area (Å²) in [6.45, 7) is 6.08. The van der Waals surface area contributed by atoms with Crippen LogP contribution in [0.4, 0.5) is 4.39 Å². The third kappa shape index (κ3) is 1.98. The van der Waals surface area contributed by atoms with Crippen LogP contribution in [-0.4, -0.2) is 9.97 Å². The van der Waals surface area contributed by atoms with Crippen molar-refractivity contribution in [3.63, 3.8) is 0 Å². The van der Waals surface area contributed by atoms with Gasteiger partial charge in [-0.3, -0.25) is 0 Å². The van der Waals surface area contributed by atoms with Gasteiger partial charge in [0.15, 0.2) is 0 Å². The third-order valence-electron chi connectivity index (χ3n) is 2.62. The van der Waals surface area contributed by atoms with Crippen molar-refractivity contribution in [3.05, 3.63) is 41.5 Å². The van der Waals surface area contributed by atoms with Crippen molar-refractivity contribution in [3.8, 4) is 11.4 Å². The topological polar surface area (TPSA) is 28.7 Å². The molecule has 2 rings (SSSR count). The van der Waals surface area contributed by atoms with Crippen molar-refractivity contribution < 1.29 is 5.82 Å². The Morgan fingerprint density at radius 1 is 1.38 bits per heavy atom. The van der Waals surface area contributed by atoms with Crippen LogP contribution >= 0.6 is 0 Å². The van der Waals surface area contributed by atoms with Gasteiger partial charge in [-0.15, -0.1) is 0 Å². The van der Waals surface area contributed by atoms with Gasteiger partial charge in [0.2, 0.25) is 0 Å². The van der Waals surface area contributed by atoms with E-state index in [1.54, 1.807) is 6.20 Å². The van der Waals surface area contributed by atoms with E-state index in [4.69, 9.17) is 0 Å². The minimum Gasteiger partial charge on any atom is -0.342 e. The second-order valence-corrected chi connectivity index (χ2v) is 4.31. The van der Waals surface area contributed by atoms with E-state index in [9.17, 15) is 4.39 Å². The molecule has 0 saturated heterocycles. The van der Waals surface area contributed by atoms with E-state index in [2.05, 4.69) is 23.8 Å². The summed E-state index contributed by atoms with van der Waals surface area (Å²) in [5.74, 6) is 0.742. The number of hydrogen-bond acceptors (Lipinski definition) is 1. The Morgan fingerprint density at radius 2 is 2.12 bits per heavy atom. The van der Waals surface area contributed by atoms with Crippen LogP contribution in [0.15, 0.2) is 24.4 Å². The molecule has 0 saturated carbocycles.